The largest absolute Gasteiger partial charge is 0.260 e. The van der Waals surface area contributed by atoms with Gasteiger partial charge in [0.15, 0.2) is 0 Å². The lowest BCUT2D eigenvalue weighted by Crippen LogP contribution is -1.94. The van der Waals surface area contributed by atoms with Gasteiger partial charge in [0.2, 0.25) is 0 Å². The first-order valence-corrected chi connectivity index (χ1v) is 5.60. The molecule has 1 heteroatoms. The molecule has 0 N–H and O–H groups in total. The summed E-state index contributed by atoms with van der Waals surface area (Å²) < 4.78 is 0. The third-order valence-electron chi connectivity index (χ3n) is 2.82. The Morgan fingerprint density at radius 3 is 2.67 bits per heavy atom. The van der Waals surface area contributed by atoms with Gasteiger partial charge in [-0.2, -0.15) is 0 Å². The highest BCUT2D eigenvalue weighted by atomic mass is 14.7. The van der Waals surface area contributed by atoms with E-state index < -0.39 is 0 Å². The molecule has 0 amide bonds. The van der Waals surface area contributed by atoms with E-state index in [2.05, 4.69) is 50.0 Å². The lowest BCUT2D eigenvalue weighted by molar-refractivity contribution is 0.834. The molecule has 0 aliphatic heterocycles. The van der Waals surface area contributed by atoms with Crippen LogP contribution in [-0.4, -0.2) is 4.98 Å². The van der Waals surface area contributed by atoms with Crippen LogP contribution in [-0.2, 0) is 6.42 Å². The average Bonchev–Trinajstić information content (AvgIpc) is 2.27. The van der Waals surface area contributed by atoms with Crippen molar-refractivity contribution in [2.75, 3.05) is 0 Å². The second-order valence-electron chi connectivity index (χ2n) is 4.26. The molecule has 0 spiro atoms. The van der Waals surface area contributed by atoms with Crippen LogP contribution in [0.1, 0.15) is 37.9 Å². The summed E-state index contributed by atoms with van der Waals surface area (Å²) in [6.45, 7) is 6.58. The smallest absolute Gasteiger partial charge is 0.0507 e. The standard InChI is InChI=1S/C14H17N/c1-4-11-5-6-12-7-8-15-14(10(2)3)13(12)9-11/h5-10H,4H2,1-3H3. The fourth-order valence-electron chi connectivity index (χ4n) is 1.92. The van der Waals surface area contributed by atoms with Crippen molar-refractivity contribution in [1.82, 2.24) is 4.98 Å². The van der Waals surface area contributed by atoms with Crippen LogP contribution in [0.4, 0.5) is 0 Å². The van der Waals surface area contributed by atoms with E-state index in [1.54, 1.807) is 0 Å². The highest BCUT2D eigenvalue weighted by Gasteiger charge is 2.06. The molecule has 0 unspecified atom stereocenters. The summed E-state index contributed by atoms with van der Waals surface area (Å²) in [5.74, 6) is 0.487. The predicted octanol–water partition coefficient (Wildman–Crippen LogP) is 3.92. The van der Waals surface area contributed by atoms with Crippen LogP contribution in [0.5, 0.6) is 0 Å². The molecule has 1 heterocycles. The second-order valence-corrected chi connectivity index (χ2v) is 4.26. The molecule has 0 saturated carbocycles. The zero-order valence-corrected chi connectivity index (χ0v) is 9.62. The first kappa shape index (κ1) is 10.2. The number of fused-ring (bicyclic) bond motifs is 1. The first-order valence-electron chi connectivity index (χ1n) is 5.60. The molecular weight excluding hydrogens is 182 g/mol. The summed E-state index contributed by atoms with van der Waals surface area (Å²) >= 11 is 0. The van der Waals surface area contributed by atoms with Crippen LogP contribution in [0.25, 0.3) is 10.8 Å². The van der Waals surface area contributed by atoms with E-state index in [-0.39, 0.29) is 0 Å². The van der Waals surface area contributed by atoms with E-state index in [4.69, 9.17) is 0 Å². The van der Waals surface area contributed by atoms with Gasteiger partial charge < -0.3 is 0 Å². The Morgan fingerprint density at radius 2 is 2.00 bits per heavy atom. The van der Waals surface area contributed by atoms with Gasteiger partial charge in [0.1, 0.15) is 0 Å². The molecule has 0 atom stereocenters. The minimum Gasteiger partial charge on any atom is -0.260 e. The molecular formula is C14H17N. The molecule has 0 aliphatic rings. The van der Waals surface area contributed by atoms with Crippen LogP contribution in [0.15, 0.2) is 30.5 Å². The first-order chi connectivity index (χ1) is 7.22. The topological polar surface area (TPSA) is 12.9 Å². The SMILES string of the molecule is CCc1ccc2ccnc(C(C)C)c2c1. The second kappa shape index (κ2) is 4.01. The summed E-state index contributed by atoms with van der Waals surface area (Å²) in [5, 5.41) is 2.61. The molecule has 0 fully saturated rings. The van der Waals surface area contributed by atoms with Gasteiger partial charge in [-0.3, -0.25) is 4.98 Å². The lowest BCUT2D eigenvalue weighted by Gasteiger charge is -2.09. The van der Waals surface area contributed by atoms with E-state index in [9.17, 15) is 0 Å². The predicted molar refractivity (Wildman–Crippen MR) is 65.2 cm³/mol. The maximum Gasteiger partial charge on any atom is 0.0507 e. The maximum absolute atomic E-state index is 4.48. The Balaban J connectivity index is 2.70. The van der Waals surface area contributed by atoms with Gasteiger partial charge >= 0.3 is 0 Å². The summed E-state index contributed by atoms with van der Waals surface area (Å²) in [5.41, 5.74) is 2.60. The fourth-order valence-corrected chi connectivity index (χ4v) is 1.92. The van der Waals surface area contributed by atoms with Crippen molar-refractivity contribution < 1.29 is 0 Å². The van der Waals surface area contributed by atoms with Gasteiger partial charge in [0.05, 0.1) is 5.69 Å². The Kier molecular flexibility index (Phi) is 2.72. The molecule has 1 nitrogen and oxygen atoms in total. The number of hydrogen-bond donors (Lipinski definition) is 0. The molecule has 15 heavy (non-hydrogen) atoms. The molecule has 1 aromatic carbocycles. The van der Waals surface area contributed by atoms with Crippen LogP contribution in [0.3, 0.4) is 0 Å². The van der Waals surface area contributed by atoms with Crippen molar-refractivity contribution in [2.45, 2.75) is 33.1 Å². The van der Waals surface area contributed by atoms with Crippen LogP contribution in [0.2, 0.25) is 0 Å². The minimum atomic E-state index is 0.487. The van der Waals surface area contributed by atoms with E-state index in [1.165, 1.54) is 22.0 Å². The van der Waals surface area contributed by atoms with E-state index in [0.717, 1.165) is 6.42 Å². The number of aromatic nitrogens is 1. The molecule has 2 aromatic rings. The number of aryl methyl sites for hydroxylation is 1. The summed E-state index contributed by atoms with van der Waals surface area (Å²) in [4.78, 5) is 4.48. The van der Waals surface area contributed by atoms with Crippen molar-refractivity contribution in [3.63, 3.8) is 0 Å². The van der Waals surface area contributed by atoms with E-state index in [0.29, 0.717) is 5.92 Å². The zero-order chi connectivity index (χ0) is 10.8. The van der Waals surface area contributed by atoms with Gasteiger partial charge in [-0.05, 0) is 35.4 Å². The Bertz CT molecular complexity index is 472. The molecule has 0 aliphatic carbocycles. The number of nitrogens with zero attached hydrogens (tertiary/aromatic N) is 1. The van der Waals surface area contributed by atoms with Gasteiger partial charge in [-0.25, -0.2) is 0 Å². The third kappa shape index (κ3) is 1.87. The quantitative estimate of drug-likeness (QED) is 0.714. The lowest BCUT2D eigenvalue weighted by atomic mass is 9.99. The number of rotatable bonds is 2. The van der Waals surface area contributed by atoms with Crippen LogP contribution >= 0.6 is 0 Å². The monoisotopic (exact) mass is 199 g/mol. The zero-order valence-electron chi connectivity index (χ0n) is 9.62. The van der Waals surface area contributed by atoms with Crippen molar-refractivity contribution >= 4 is 10.8 Å². The normalized spacial score (nSPS) is 11.2. The van der Waals surface area contributed by atoms with Crippen molar-refractivity contribution in [3.8, 4) is 0 Å². The number of hydrogen-bond acceptors (Lipinski definition) is 1. The third-order valence-corrected chi connectivity index (χ3v) is 2.82. The summed E-state index contributed by atoms with van der Waals surface area (Å²) in [7, 11) is 0. The van der Waals surface area contributed by atoms with E-state index >= 15 is 0 Å². The molecule has 0 radical (unpaired) electrons. The highest BCUT2D eigenvalue weighted by Crippen LogP contribution is 2.24. The fraction of sp³-hybridized carbons (Fsp3) is 0.357. The minimum absolute atomic E-state index is 0.487. The van der Waals surface area contributed by atoms with Gasteiger partial charge in [0, 0.05) is 11.6 Å². The number of pyridine rings is 1. The maximum atomic E-state index is 4.48. The molecule has 1 aromatic heterocycles. The summed E-state index contributed by atoms with van der Waals surface area (Å²) in [6.07, 6.45) is 2.99. The highest BCUT2D eigenvalue weighted by molar-refractivity contribution is 5.85. The van der Waals surface area contributed by atoms with Crippen molar-refractivity contribution in [3.05, 3.63) is 41.7 Å². The van der Waals surface area contributed by atoms with Crippen LogP contribution in [0, 0.1) is 0 Å². The van der Waals surface area contributed by atoms with Crippen molar-refractivity contribution in [1.29, 1.82) is 0 Å². The van der Waals surface area contributed by atoms with E-state index in [1.807, 2.05) is 6.20 Å². The van der Waals surface area contributed by atoms with Gasteiger partial charge in [-0.1, -0.05) is 32.9 Å². The van der Waals surface area contributed by atoms with Crippen molar-refractivity contribution in [2.24, 2.45) is 0 Å². The molecule has 2 rings (SSSR count). The Morgan fingerprint density at radius 1 is 1.20 bits per heavy atom. The molecule has 78 valence electrons. The Labute approximate surface area is 91.2 Å². The number of benzene rings is 1. The van der Waals surface area contributed by atoms with Gasteiger partial charge in [0.25, 0.3) is 0 Å². The van der Waals surface area contributed by atoms with Crippen LogP contribution < -0.4 is 0 Å². The molecule has 0 bridgehead atoms. The molecule has 0 saturated heterocycles. The van der Waals surface area contributed by atoms with Gasteiger partial charge in [-0.15, -0.1) is 0 Å². The summed E-state index contributed by atoms with van der Waals surface area (Å²) in [6, 6.07) is 8.76. The average molecular weight is 199 g/mol. The Hall–Kier alpha value is -1.37.